The maximum Gasteiger partial charge on any atom is 0.198 e. The number of anilines is 1. The molecule has 0 aromatic carbocycles. The van der Waals surface area contributed by atoms with Crippen LogP contribution < -0.4 is 16.0 Å². The molecule has 4 rings (SSSR count). The largest absolute Gasteiger partial charge is 0.383 e. The van der Waals surface area contributed by atoms with Crippen molar-refractivity contribution < 1.29 is 4.74 Å². The maximum atomic E-state index is 5.24. The molecule has 31 heavy (non-hydrogen) atoms. The summed E-state index contributed by atoms with van der Waals surface area (Å²) >= 11 is 0. The van der Waals surface area contributed by atoms with Crippen molar-refractivity contribution in [3.05, 3.63) is 30.4 Å². The van der Waals surface area contributed by atoms with Crippen LogP contribution in [-0.2, 0) is 4.74 Å². The minimum absolute atomic E-state index is 0.0531. The summed E-state index contributed by atoms with van der Waals surface area (Å²) in [6.45, 7) is 3.94. The van der Waals surface area contributed by atoms with E-state index >= 15 is 0 Å². The van der Waals surface area contributed by atoms with E-state index in [2.05, 4.69) is 56.9 Å². The molecular weight excluding hydrogens is 390 g/mol. The first-order chi connectivity index (χ1) is 15.1. The van der Waals surface area contributed by atoms with Gasteiger partial charge in [0.15, 0.2) is 5.96 Å². The Balaban J connectivity index is 1.34. The summed E-state index contributed by atoms with van der Waals surface area (Å²) in [5.41, 5.74) is 0.987. The van der Waals surface area contributed by atoms with Crippen molar-refractivity contribution in [2.75, 3.05) is 32.6 Å². The Hall–Kier alpha value is -2.19. The van der Waals surface area contributed by atoms with Gasteiger partial charge in [-0.2, -0.15) is 0 Å². The van der Waals surface area contributed by atoms with Crippen molar-refractivity contribution in [2.24, 2.45) is 10.9 Å². The Morgan fingerprint density at radius 1 is 1.23 bits per heavy atom. The summed E-state index contributed by atoms with van der Waals surface area (Å²) in [6, 6.07) is 3.43. The van der Waals surface area contributed by atoms with Gasteiger partial charge in [0, 0.05) is 45.1 Å². The van der Waals surface area contributed by atoms with Gasteiger partial charge in [0.1, 0.15) is 12.1 Å². The van der Waals surface area contributed by atoms with E-state index in [1.165, 1.54) is 12.8 Å². The summed E-state index contributed by atoms with van der Waals surface area (Å²) in [5.74, 6) is 2.64. The molecule has 2 saturated carbocycles. The first kappa shape index (κ1) is 22.0. The van der Waals surface area contributed by atoms with Crippen molar-refractivity contribution in [1.82, 2.24) is 25.5 Å². The zero-order valence-electron chi connectivity index (χ0n) is 19.1. The van der Waals surface area contributed by atoms with E-state index in [0.717, 1.165) is 62.2 Å². The molecule has 2 fully saturated rings. The van der Waals surface area contributed by atoms with Crippen molar-refractivity contribution in [2.45, 2.75) is 69.6 Å². The molecule has 0 saturated heterocycles. The highest BCUT2D eigenvalue weighted by atomic mass is 16.5. The summed E-state index contributed by atoms with van der Waals surface area (Å²) in [4.78, 5) is 16.2. The van der Waals surface area contributed by atoms with Crippen LogP contribution in [0.4, 0.5) is 5.82 Å². The van der Waals surface area contributed by atoms with Gasteiger partial charge in [-0.1, -0.05) is 0 Å². The van der Waals surface area contributed by atoms with Gasteiger partial charge in [0.25, 0.3) is 0 Å². The molecule has 2 aliphatic carbocycles. The number of hydrogen-bond acceptors (Lipinski definition) is 6. The van der Waals surface area contributed by atoms with E-state index in [9.17, 15) is 0 Å². The molecule has 0 radical (unpaired) electrons. The Labute approximate surface area is 186 Å². The number of aliphatic imine (C=N–C) groups is 1. The number of guanidine groups is 1. The first-order valence-corrected chi connectivity index (χ1v) is 11.7. The summed E-state index contributed by atoms with van der Waals surface area (Å²) in [5, 5.41) is 10.5. The average molecular weight is 428 g/mol. The Kier molecular flexibility index (Phi) is 7.40. The van der Waals surface area contributed by atoms with E-state index in [0.29, 0.717) is 18.1 Å². The van der Waals surface area contributed by atoms with E-state index in [1.807, 2.05) is 6.20 Å². The lowest BCUT2D eigenvalue weighted by Crippen LogP contribution is -2.44. The first-order valence-electron chi connectivity index (χ1n) is 11.7. The smallest absolute Gasteiger partial charge is 0.198 e. The molecule has 2 heterocycles. The normalized spacial score (nSPS) is 28.4. The van der Waals surface area contributed by atoms with E-state index < -0.39 is 0 Å². The van der Waals surface area contributed by atoms with Gasteiger partial charge in [0.2, 0.25) is 0 Å². The van der Waals surface area contributed by atoms with Crippen LogP contribution >= 0.6 is 0 Å². The number of ether oxygens (including phenoxy) is 1. The number of hydrogen-bond donors (Lipinski definition) is 3. The van der Waals surface area contributed by atoms with Gasteiger partial charge in [0.05, 0.1) is 24.4 Å². The minimum atomic E-state index is 0.0531. The Morgan fingerprint density at radius 2 is 2.03 bits per heavy atom. The third kappa shape index (κ3) is 6.17. The molecule has 1 aliphatic heterocycles. The maximum absolute atomic E-state index is 5.24. The van der Waals surface area contributed by atoms with Crippen LogP contribution in [0, 0.1) is 5.92 Å². The van der Waals surface area contributed by atoms with Crippen LogP contribution in [0.5, 0.6) is 0 Å². The second-order valence-corrected chi connectivity index (χ2v) is 9.19. The van der Waals surface area contributed by atoms with Crippen molar-refractivity contribution >= 4 is 11.8 Å². The molecule has 0 bridgehead atoms. The highest BCUT2D eigenvalue weighted by Crippen LogP contribution is 2.29. The number of methoxy groups -OCH3 is 1. The van der Waals surface area contributed by atoms with Crippen LogP contribution in [0.3, 0.4) is 0 Å². The zero-order valence-corrected chi connectivity index (χ0v) is 19.1. The molecule has 3 N–H and O–H groups in total. The zero-order chi connectivity index (χ0) is 21.6. The van der Waals surface area contributed by atoms with E-state index in [1.54, 1.807) is 13.4 Å². The van der Waals surface area contributed by atoms with Gasteiger partial charge >= 0.3 is 0 Å². The van der Waals surface area contributed by atoms with Crippen LogP contribution in [0.15, 0.2) is 29.7 Å². The Bertz CT molecular complexity index is 771. The van der Waals surface area contributed by atoms with Crippen molar-refractivity contribution in [1.29, 1.82) is 0 Å². The fourth-order valence-electron chi connectivity index (χ4n) is 4.45. The van der Waals surface area contributed by atoms with Crippen molar-refractivity contribution in [3.8, 4) is 0 Å². The summed E-state index contributed by atoms with van der Waals surface area (Å²) < 4.78 is 5.24. The fourth-order valence-corrected chi connectivity index (χ4v) is 4.45. The second kappa shape index (κ2) is 10.4. The third-order valence-corrected chi connectivity index (χ3v) is 6.44. The highest BCUT2D eigenvalue weighted by Gasteiger charge is 2.26. The number of rotatable bonds is 9. The summed E-state index contributed by atoms with van der Waals surface area (Å²) in [6.07, 6.45) is 12.9. The predicted octanol–water partition coefficient (Wildman–Crippen LogP) is 2.68. The molecule has 0 amide bonds. The molecule has 1 aromatic rings. The average Bonchev–Trinajstić information content (AvgIpc) is 3.60. The standard InChI is InChI=1S/C23H37N7O/c1-16(14-31-3)28-18-6-8-19(9-7-18)29-23-24-11-10-21(30(23)2)20-12-22(27-15-26-20)25-13-17-4-5-17/h10-12,15-19,21,28H,4-9,13-14H2,1-3H3,(H,24,29)(H,25,26,27)/t16-,18?,19?,21?/m1/s1. The lowest BCUT2D eigenvalue weighted by atomic mass is 9.91. The topological polar surface area (TPSA) is 86.7 Å². The van der Waals surface area contributed by atoms with Crippen LogP contribution in [0.1, 0.15) is 57.2 Å². The highest BCUT2D eigenvalue weighted by molar-refractivity contribution is 5.82. The SMILES string of the molecule is COC[C@@H](C)NC1CCC(N=C2NC=CC(c3cc(NCC4CC4)ncn3)N2C)CC1. The quantitative estimate of drug-likeness (QED) is 0.558. The number of nitrogens with one attached hydrogen (secondary N) is 3. The van der Waals surface area contributed by atoms with Crippen LogP contribution in [0.25, 0.3) is 0 Å². The monoisotopic (exact) mass is 427 g/mol. The van der Waals surface area contributed by atoms with E-state index in [4.69, 9.17) is 9.73 Å². The van der Waals surface area contributed by atoms with E-state index in [-0.39, 0.29) is 6.04 Å². The molecule has 8 heteroatoms. The van der Waals surface area contributed by atoms with Crippen LogP contribution in [-0.4, -0.2) is 66.3 Å². The molecule has 1 aromatic heterocycles. The molecule has 1 unspecified atom stereocenters. The summed E-state index contributed by atoms with van der Waals surface area (Å²) in [7, 11) is 3.84. The number of aromatic nitrogens is 2. The predicted molar refractivity (Wildman–Crippen MR) is 124 cm³/mol. The fraction of sp³-hybridized carbons (Fsp3) is 0.696. The lowest BCUT2D eigenvalue weighted by molar-refractivity contribution is 0.161. The lowest BCUT2D eigenvalue weighted by Gasteiger charge is -2.34. The van der Waals surface area contributed by atoms with Gasteiger partial charge in [-0.25, -0.2) is 15.0 Å². The van der Waals surface area contributed by atoms with Gasteiger partial charge in [-0.05, 0) is 57.4 Å². The molecule has 170 valence electrons. The number of likely N-dealkylation sites (N-methyl/N-ethyl adjacent to an activating group) is 1. The molecular formula is C23H37N7O. The van der Waals surface area contributed by atoms with Gasteiger partial charge in [-0.3, -0.25) is 0 Å². The van der Waals surface area contributed by atoms with Gasteiger partial charge in [-0.15, -0.1) is 0 Å². The number of nitrogens with zero attached hydrogens (tertiary/aromatic N) is 4. The van der Waals surface area contributed by atoms with Crippen molar-refractivity contribution in [3.63, 3.8) is 0 Å². The molecule has 8 nitrogen and oxygen atoms in total. The Morgan fingerprint density at radius 3 is 2.77 bits per heavy atom. The molecule has 3 aliphatic rings. The minimum Gasteiger partial charge on any atom is -0.383 e. The molecule has 0 spiro atoms. The molecule has 2 atom stereocenters. The van der Waals surface area contributed by atoms with Crippen LogP contribution in [0.2, 0.25) is 0 Å². The third-order valence-electron chi connectivity index (χ3n) is 6.44. The van der Waals surface area contributed by atoms with Gasteiger partial charge < -0.3 is 25.6 Å². The second-order valence-electron chi connectivity index (χ2n) is 9.19.